The predicted molar refractivity (Wildman–Crippen MR) is 84.2 cm³/mol. The van der Waals surface area contributed by atoms with Crippen LogP contribution < -0.4 is 14.8 Å². The zero-order chi connectivity index (χ0) is 15.4. The molecule has 0 bridgehead atoms. The Morgan fingerprint density at radius 3 is 2.48 bits per heavy atom. The van der Waals surface area contributed by atoms with Crippen molar-refractivity contribution in [3.05, 3.63) is 36.2 Å². The summed E-state index contributed by atoms with van der Waals surface area (Å²) in [6.45, 7) is 6.30. The van der Waals surface area contributed by atoms with Crippen LogP contribution in [-0.2, 0) is 0 Å². The summed E-state index contributed by atoms with van der Waals surface area (Å²) >= 11 is 0. The van der Waals surface area contributed by atoms with Crippen molar-refractivity contribution in [3.63, 3.8) is 0 Å². The molecular formula is C16H23N3O2. The second kappa shape index (κ2) is 6.52. The number of aromatic nitrogens is 2. The number of anilines is 1. The average molecular weight is 289 g/mol. The van der Waals surface area contributed by atoms with Gasteiger partial charge >= 0.3 is 0 Å². The molecule has 0 saturated carbocycles. The van der Waals surface area contributed by atoms with Gasteiger partial charge in [-0.25, -0.2) is 0 Å². The molecule has 114 valence electrons. The Bertz CT molecular complexity index is 593. The summed E-state index contributed by atoms with van der Waals surface area (Å²) in [7, 11) is 3.32. The van der Waals surface area contributed by atoms with E-state index in [1.807, 2.05) is 35.3 Å². The highest BCUT2D eigenvalue weighted by molar-refractivity contribution is 5.47. The number of nitrogens with one attached hydrogen (secondary N) is 1. The van der Waals surface area contributed by atoms with Crippen LogP contribution in [0.3, 0.4) is 0 Å². The quantitative estimate of drug-likeness (QED) is 0.881. The Balaban J connectivity index is 2.17. The van der Waals surface area contributed by atoms with E-state index in [2.05, 4.69) is 31.2 Å². The molecule has 1 atom stereocenters. The molecule has 0 spiro atoms. The summed E-state index contributed by atoms with van der Waals surface area (Å²) in [6.07, 6.45) is 3.85. The molecule has 1 unspecified atom stereocenters. The molecule has 0 aliphatic carbocycles. The van der Waals surface area contributed by atoms with Gasteiger partial charge in [0.1, 0.15) is 11.5 Å². The first kappa shape index (κ1) is 15.2. The van der Waals surface area contributed by atoms with Gasteiger partial charge in [-0.3, -0.25) is 4.68 Å². The highest BCUT2D eigenvalue weighted by Crippen LogP contribution is 2.31. The van der Waals surface area contributed by atoms with Gasteiger partial charge in [0, 0.05) is 23.9 Å². The van der Waals surface area contributed by atoms with Crippen LogP contribution in [0.15, 0.2) is 30.6 Å². The number of methoxy groups -OCH3 is 2. The first-order valence-corrected chi connectivity index (χ1v) is 7.07. The van der Waals surface area contributed by atoms with Crippen molar-refractivity contribution in [2.24, 2.45) is 0 Å². The van der Waals surface area contributed by atoms with E-state index in [1.54, 1.807) is 14.2 Å². The second-order valence-corrected chi connectivity index (χ2v) is 5.28. The van der Waals surface area contributed by atoms with Gasteiger partial charge in [0.15, 0.2) is 0 Å². The van der Waals surface area contributed by atoms with E-state index in [0.29, 0.717) is 6.04 Å². The van der Waals surface area contributed by atoms with Crippen molar-refractivity contribution in [3.8, 4) is 11.5 Å². The highest BCUT2D eigenvalue weighted by Gasteiger charge is 2.13. The molecule has 2 aromatic rings. The highest BCUT2D eigenvalue weighted by atomic mass is 16.5. The Morgan fingerprint density at radius 1 is 1.14 bits per heavy atom. The van der Waals surface area contributed by atoms with Gasteiger partial charge in [-0.05, 0) is 32.9 Å². The van der Waals surface area contributed by atoms with Gasteiger partial charge in [0.2, 0.25) is 0 Å². The van der Waals surface area contributed by atoms with E-state index in [-0.39, 0.29) is 6.04 Å². The number of hydrogen-bond donors (Lipinski definition) is 1. The lowest BCUT2D eigenvalue weighted by molar-refractivity contribution is 0.390. The van der Waals surface area contributed by atoms with Crippen LogP contribution >= 0.6 is 0 Å². The van der Waals surface area contributed by atoms with Crippen molar-refractivity contribution in [1.29, 1.82) is 0 Å². The second-order valence-electron chi connectivity index (χ2n) is 5.28. The van der Waals surface area contributed by atoms with Gasteiger partial charge < -0.3 is 14.8 Å². The van der Waals surface area contributed by atoms with E-state index in [0.717, 1.165) is 22.7 Å². The van der Waals surface area contributed by atoms with Gasteiger partial charge in [0.25, 0.3) is 0 Å². The lowest BCUT2D eigenvalue weighted by Crippen LogP contribution is -2.08. The minimum Gasteiger partial charge on any atom is -0.497 e. The van der Waals surface area contributed by atoms with E-state index < -0.39 is 0 Å². The third-order valence-electron chi connectivity index (χ3n) is 3.42. The third-order valence-corrected chi connectivity index (χ3v) is 3.42. The van der Waals surface area contributed by atoms with E-state index >= 15 is 0 Å². The van der Waals surface area contributed by atoms with Gasteiger partial charge in [-0.1, -0.05) is 0 Å². The van der Waals surface area contributed by atoms with Crippen molar-refractivity contribution in [1.82, 2.24) is 9.78 Å². The maximum Gasteiger partial charge on any atom is 0.127 e. The summed E-state index contributed by atoms with van der Waals surface area (Å²) in [5, 5.41) is 7.78. The Kier molecular flexibility index (Phi) is 4.73. The molecular weight excluding hydrogens is 266 g/mol. The van der Waals surface area contributed by atoms with Crippen LogP contribution in [0.4, 0.5) is 5.69 Å². The normalized spacial score (nSPS) is 12.3. The van der Waals surface area contributed by atoms with Crippen LogP contribution in [0.5, 0.6) is 11.5 Å². The monoisotopic (exact) mass is 289 g/mol. The molecule has 0 radical (unpaired) electrons. The average Bonchev–Trinajstić information content (AvgIpc) is 2.95. The number of ether oxygens (including phenoxy) is 2. The molecule has 1 aromatic carbocycles. The first-order valence-electron chi connectivity index (χ1n) is 7.07. The van der Waals surface area contributed by atoms with E-state index in [9.17, 15) is 0 Å². The minimum absolute atomic E-state index is 0.107. The SMILES string of the molecule is COc1ccc(C(C)Nc2cnn(C(C)C)c2)c(OC)c1. The number of nitrogens with zero attached hydrogens (tertiary/aromatic N) is 2. The molecule has 5 heteroatoms. The van der Waals surface area contributed by atoms with Crippen LogP contribution in [0.1, 0.15) is 38.4 Å². The van der Waals surface area contributed by atoms with Crippen LogP contribution in [0, 0.1) is 0 Å². The third kappa shape index (κ3) is 3.48. The molecule has 1 aromatic heterocycles. The van der Waals surface area contributed by atoms with Gasteiger partial charge in [0.05, 0.1) is 32.1 Å². The molecule has 1 N–H and O–H groups in total. The molecule has 0 fully saturated rings. The number of hydrogen-bond acceptors (Lipinski definition) is 4. The number of benzene rings is 1. The van der Waals surface area contributed by atoms with Crippen LogP contribution in [-0.4, -0.2) is 24.0 Å². The summed E-state index contributed by atoms with van der Waals surface area (Å²) in [5.41, 5.74) is 2.07. The molecule has 0 amide bonds. The van der Waals surface area contributed by atoms with Gasteiger partial charge in [-0.15, -0.1) is 0 Å². The minimum atomic E-state index is 0.107. The first-order chi connectivity index (χ1) is 10.0. The molecule has 0 aliphatic rings. The van der Waals surface area contributed by atoms with E-state index in [4.69, 9.17) is 9.47 Å². The van der Waals surface area contributed by atoms with Crippen molar-refractivity contribution in [2.45, 2.75) is 32.9 Å². The fraction of sp³-hybridized carbons (Fsp3) is 0.438. The van der Waals surface area contributed by atoms with Gasteiger partial charge in [-0.2, -0.15) is 5.10 Å². The van der Waals surface area contributed by atoms with Crippen LogP contribution in [0.2, 0.25) is 0 Å². The molecule has 21 heavy (non-hydrogen) atoms. The summed E-state index contributed by atoms with van der Waals surface area (Å²) in [4.78, 5) is 0. The standard InChI is InChI=1S/C16H23N3O2/c1-11(2)19-10-13(9-17-19)18-12(3)15-7-6-14(20-4)8-16(15)21-5/h6-12,18H,1-5H3. The largest absolute Gasteiger partial charge is 0.497 e. The Labute approximate surface area is 125 Å². The maximum atomic E-state index is 5.45. The smallest absolute Gasteiger partial charge is 0.127 e. The molecule has 0 saturated heterocycles. The maximum absolute atomic E-state index is 5.45. The molecule has 2 rings (SSSR count). The molecule has 5 nitrogen and oxygen atoms in total. The lowest BCUT2D eigenvalue weighted by Gasteiger charge is -2.18. The summed E-state index contributed by atoms with van der Waals surface area (Å²) in [5.74, 6) is 1.60. The number of rotatable bonds is 6. The van der Waals surface area contributed by atoms with Crippen molar-refractivity contribution >= 4 is 5.69 Å². The fourth-order valence-electron chi connectivity index (χ4n) is 2.20. The Hall–Kier alpha value is -2.17. The molecule has 1 heterocycles. The lowest BCUT2D eigenvalue weighted by atomic mass is 10.1. The predicted octanol–water partition coefficient (Wildman–Crippen LogP) is 3.65. The summed E-state index contributed by atoms with van der Waals surface area (Å²) in [6, 6.07) is 6.31. The van der Waals surface area contributed by atoms with Crippen molar-refractivity contribution in [2.75, 3.05) is 19.5 Å². The fourth-order valence-corrected chi connectivity index (χ4v) is 2.20. The van der Waals surface area contributed by atoms with Crippen molar-refractivity contribution < 1.29 is 9.47 Å². The zero-order valence-electron chi connectivity index (χ0n) is 13.3. The topological polar surface area (TPSA) is 48.3 Å². The summed E-state index contributed by atoms with van der Waals surface area (Å²) < 4.78 is 12.6. The zero-order valence-corrected chi connectivity index (χ0v) is 13.3. The van der Waals surface area contributed by atoms with Crippen LogP contribution in [0.25, 0.3) is 0 Å². The molecule has 0 aliphatic heterocycles. The van der Waals surface area contributed by atoms with E-state index in [1.165, 1.54) is 0 Å². The Morgan fingerprint density at radius 2 is 1.90 bits per heavy atom.